The fourth-order valence-corrected chi connectivity index (χ4v) is 3.16. The summed E-state index contributed by atoms with van der Waals surface area (Å²) in [4.78, 5) is 15.1. The minimum absolute atomic E-state index is 0.275. The van der Waals surface area contributed by atoms with Gasteiger partial charge in [-0.2, -0.15) is 15.0 Å². The maximum Gasteiger partial charge on any atom is 0.230 e. The zero-order valence-electron chi connectivity index (χ0n) is 11.0. The molecule has 2 aromatic rings. The zero-order valence-corrected chi connectivity index (χ0v) is 12.6. The topological polar surface area (TPSA) is 41.9 Å². The van der Waals surface area contributed by atoms with Gasteiger partial charge in [-0.1, -0.05) is 42.1 Å². The van der Waals surface area contributed by atoms with Crippen LogP contribution in [0.4, 0.5) is 5.95 Å². The monoisotopic (exact) mass is 306 g/mol. The molecule has 0 unspecified atom stereocenters. The minimum Gasteiger partial charge on any atom is -0.341 e. The Labute approximate surface area is 127 Å². The average molecular weight is 307 g/mol. The second kappa shape index (κ2) is 6.41. The van der Waals surface area contributed by atoms with Gasteiger partial charge in [0.05, 0.1) is 0 Å². The second-order valence-electron chi connectivity index (χ2n) is 4.66. The van der Waals surface area contributed by atoms with E-state index in [4.69, 9.17) is 11.6 Å². The highest BCUT2D eigenvalue weighted by atomic mass is 35.5. The van der Waals surface area contributed by atoms with Crippen molar-refractivity contribution in [2.75, 3.05) is 18.0 Å². The Morgan fingerprint density at radius 3 is 2.55 bits per heavy atom. The largest absolute Gasteiger partial charge is 0.341 e. The minimum atomic E-state index is 0.275. The summed E-state index contributed by atoms with van der Waals surface area (Å²) in [6, 6.07) is 10.3. The molecule has 1 aromatic carbocycles. The molecule has 3 rings (SSSR count). The molecule has 1 saturated heterocycles. The van der Waals surface area contributed by atoms with Crippen molar-refractivity contribution < 1.29 is 0 Å². The summed E-state index contributed by atoms with van der Waals surface area (Å²) in [7, 11) is 0. The van der Waals surface area contributed by atoms with Crippen molar-refractivity contribution in [1.82, 2.24) is 15.0 Å². The number of anilines is 1. The number of hydrogen-bond donors (Lipinski definition) is 0. The summed E-state index contributed by atoms with van der Waals surface area (Å²) in [6.45, 7) is 2.01. The second-order valence-corrected chi connectivity index (χ2v) is 5.94. The molecule has 0 atom stereocenters. The molecule has 104 valence electrons. The number of thioether (sulfide) groups is 1. The predicted molar refractivity (Wildman–Crippen MR) is 82.3 cm³/mol. The predicted octanol–water partition coefficient (Wildman–Crippen LogP) is 3.42. The first-order chi connectivity index (χ1) is 9.81. The molecule has 0 spiro atoms. The first kappa shape index (κ1) is 13.6. The number of halogens is 1. The van der Waals surface area contributed by atoms with Gasteiger partial charge in [0.1, 0.15) is 0 Å². The van der Waals surface area contributed by atoms with Crippen LogP contribution in [0.5, 0.6) is 0 Å². The van der Waals surface area contributed by atoms with E-state index in [0.29, 0.717) is 11.1 Å². The molecule has 0 saturated carbocycles. The van der Waals surface area contributed by atoms with Gasteiger partial charge in [-0.3, -0.25) is 0 Å². The Morgan fingerprint density at radius 1 is 1.05 bits per heavy atom. The normalized spacial score (nSPS) is 14.8. The Kier molecular flexibility index (Phi) is 4.38. The lowest BCUT2D eigenvalue weighted by molar-refractivity contribution is 0.826. The smallest absolute Gasteiger partial charge is 0.230 e. The molecule has 0 bridgehead atoms. The summed E-state index contributed by atoms with van der Waals surface area (Å²) < 4.78 is 0. The van der Waals surface area contributed by atoms with Gasteiger partial charge in [0, 0.05) is 18.8 Å². The van der Waals surface area contributed by atoms with Crippen LogP contribution in [-0.4, -0.2) is 28.0 Å². The number of aromatic nitrogens is 3. The number of hydrogen-bond acceptors (Lipinski definition) is 5. The Bertz CT molecular complexity index is 573. The molecule has 1 aromatic heterocycles. The summed E-state index contributed by atoms with van der Waals surface area (Å²) in [5, 5.41) is 0.966. The van der Waals surface area contributed by atoms with E-state index < -0.39 is 0 Å². The molecule has 4 nitrogen and oxygen atoms in total. The quantitative estimate of drug-likeness (QED) is 0.810. The molecule has 1 aliphatic heterocycles. The molecule has 2 heterocycles. The molecule has 1 aliphatic rings. The lowest BCUT2D eigenvalue weighted by Crippen LogP contribution is -2.21. The van der Waals surface area contributed by atoms with Crippen molar-refractivity contribution in [1.29, 1.82) is 0 Å². The Balaban J connectivity index is 1.72. The third kappa shape index (κ3) is 3.41. The van der Waals surface area contributed by atoms with Crippen LogP contribution in [0.15, 0.2) is 35.5 Å². The van der Waals surface area contributed by atoms with Gasteiger partial charge < -0.3 is 4.90 Å². The summed E-state index contributed by atoms with van der Waals surface area (Å²) in [5.74, 6) is 1.54. The maximum absolute atomic E-state index is 6.01. The van der Waals surface area contributed by atoms with Crippen molar-refractivity contribution in [3.8, 4) is 0 Å². The van der Waals surface area contributed by atoms with Gasteiger partial charge in [0.15, 0.2) is 5.16 Å². The van der Waals surface area contributed by atoms with Crippen LogP contribution in [0.3, 0.4) is 0 Å². The van der Waals surface area contributed by atoms with Gasteiger partial charge in [0.2, 0.25) is 11.2 Å². The standard InChI is InChI=1S/C14H15ClN4S/c15-12-16-13(19-8-4-5-9-19)18-14(17-12)20-10-11-6-2-1-3-7-11/h1-3,6-7H,4-5,8-10H2. The van der Waals surface area contributed by atoms with Crippen molar-refractivity contribution in [3.05, 3.63) is 41.2 Å². The number of benzene rings is 1. The van der Waals surface area contributed by atoms with E-state index in [2.05, 4.69) is 32.0 Å². The average Bonchev–Trinajstić information content (AvgIpc) is 3.00. The van der Waals surface area contributed by atoms with E-state index in [-0.39, 0.29) is 5.28 Å². The van der Waals surface area contributed by atoms with Crippen LogP contribution in [0.25, 0.3) is 0 Å². The third-order valence-electron chi connectivity index (χ3n) is 3.18. The van der Waals surface area contributed by atoms with Crippen LogP contribution < -0.4 is 4.90 Å². The first-order valence-corrected chi connectivity index (χ1v) is 8.01. The van der Waals surface area contributed by atoms with Crippen molar-refractivity contribution in [3.63, 3.8) is 0 Å². The lowest BCUT2D eigenvalue weighted by atomic mass is 10.2. The fraction of sp³-hybridized carbons (Fsp3) is 0.357. The lowest BCUT2D eigenvalue weighted by Gasteiger charge is -2.15. The van der Waals surface area contributed by atoms with E-state index >= 15 is 0 Å². The van der Waals surface area contributed by atoms with Crippen LogP contribution in [0, 0.1) is 0 Å². The van der Waals surface area contributed by atoms with Gasteiger partial charge in [-0.15, -0.1) is 0 Å². The molecule has 20 heavy (non-hydrogen) atoms. The molecular formula is C14H15ClN4S. The first-order valence-electron chi connectivity index (χ1n) is 6.64. The SMILES string of the molecule is Clc1nc(SCc2ccccc2)nc(N2CCCC2)n1. The summed E-state index contributed by atoms with van der Waals surface area (Å²) in [6.07, 6.45) is 2.38. The molecular weight excluding hydrogens is 292 g/mol. The van der Waals surface area contributed by atoms with Crippen LogP contribution in [0.1, 0.15) is 18.4 Å². The maximum atomic E-state index is 6.01. The Hall–Kier alpha value is -1.33. The zero-order chi connectivity index (χ0) is 13.8. The molecule has 0 amide bonds. The molecule has 1 fully saturated rings. The van der Waals surface area contributed by atoms with Crippen LogP contribution in [0.2, 0.25) is 5.28 Å². The summed E-state index contributed by atoms with van der Waals surface area (Å²) in [5.41, 5.74) is 1.25. The van der Waals surface area contributed by atoms with Gasteiger partial charge >= 0.3 is 0 Å². The van der Waals surface area contributed by atoms with Gasteiger partial charge in [-0.25, -0.2) is 0 Å². The van der Waals surface area contributed by atoms with Gasteiger partial charge in [0.25, 0.3) is 0 Å². The van der Waals surface area contributed by atoms with E-state index in [1.807, 2.05) is 18.2 Å². The highest BCUT2D eigenvalue weighted by Crippen LogP contribution is 2.23. The van der Waals surface area contributed by atoms with Crippen LogP contribution in [-0.2, 0) is 5.75 Å². The third-order valence-corrected chi connectivity index (χ3v) is 4.26. The number of rotatable bonds is 4. The molecule has 0 aliphatic carbocycles. The van der Waals surface area contributed by atoms with Crippen molar-refractivity contribution in [2.45, 2.75) is 23.8 Å². The summed E-state index contributed by atoms with van der Waals surface area (Å²) >= 11 is 7.60. The molecule has 6 heteroatoms. The molecule has 0 radical (unpaired) electrons. The highest BCUT2D eigenvalue weighted by molar-refractivity contribution is 7.98. The van der Waals surface area contributed by atoms with Crippen LogP contribution >= 0.6 is 23.4 Å². The Morgan fingerprint density at radius 2 is 1.80 bits per heavy atom. The molecule has 0 N–H and O–H groups in total. The van der Waals surface area contributed by atoms with E-state index in [0.717, 1.165) is 18.8 Å². The van der Waals surface area contributed by atoms with E-state index in [1.165, 1.54) is 18.4 Å². The van der Waals surface area contributed by atoms with Crippen molar-refractivity contribution >= 4 is 29.3 Å². The van der Waals surface area contributed by atoms with Gasteiger partial charge in [-0.05, 0) is 30.0 Å². The van der Waals surface area contributed by atoms with E-state index in [9.17, 15) is 0 Å². The highest BCUT2D eigenvalue weighted by Gasteiger charge is 2.17. The van der Waals surface area contributed by atoms with Crippen molar-refractivity contribution in [2.24, 2.45) is 0 Å². The number of nitrogens with zero attached hydrogens (tertiary/aromatic N) is 4. The van der Waals surface area contributed by atoms with E-state index in [1.54, 1.807) is 11.8 Å². The fourth-order valence-electron chi connectivity index (χ4n) is 2.17.